The lowest BCUT2D eigenvalue weighted by Gasteiger charge is -2.37. The van der Waals surface area contributed by atoms with Gasteiger partial charge in [0.05, 0.1) is 47.1 Å². The molecule has 0 spiro atoms. The number of hydrogen-bond donors (Lipinski definition) is 1. The fraction of sp³-hybridized carbons (Fsp3) is 0.385. The number of para-hydroxylation sites is 1. The van der Waals surface area contributed by atoms with E-state index in [1.54, 1.807) is 7.11 Å². The number of aryl methyl sites for hydroxylation is 1. The van der Waals surface area contributed by atoms with Gasteiger partial charge in [0, 0.05) is 45.3 Å². The van der Waals surface area contributed by atoms with Gasteiger partial charge in [0.2, 0.25) is 0 Å². The van der Waals surface area contributed by atoms with Crippen molar-refractivity contribution in [3.05, 3.63) is 53.4 Å². The van der Waals surface area contributed by atoms with Crippen molar-refractivity contribution in [2.45, 2.75) is 6.92 Å². The lowest BCUT2D eigenvalue weighted by atomic mass is 10.2. The molecule has 1 saturated heterocycles. The van der Waals surface area contributed by atoms with Crippen LogP contribution in [0.15, 0.2) is 42.9 Å². The first kappa shape index (κ1) is 23.7. The Balaban J connectivity index is 1.51. The Labute approximate surface area is 211 Å². The number of imidazole rings is 1. The molecule has 0 amide bonds. The molecule has 4 aromatic rings. The summed E-state index contributed by atoms with van der Waals surface area (Å²) in [6, 6.07) is 10.1. The minimum absolute atomic E-state index is 0.659. The van der Waals surface area contributed by atoms with E-state index < -0.39 is 0 Å². The highest BCUT2D eigenvalue weighted by molar-refractivity contribution is 6.33. The predicted molar refractivity (Wildman–Crippen MR) is 144 cm³/mol. The number of ether oxygens (including phenoxy) is 1. The number of hydrogen-bond acceptors (Lipinski definition) is 7. The summed E-state index contributed by atoms with van der Waals surface area (Å²) in [6.45, 7) is 8.16. The Kier molecular flexibility index (Phi) is 6.69. The smallest absolute Gasteiger partial charge is 0.157 e. The van der Waals surface area contributed by atoms with Gasteiger partial charge < -0.3 is 19.9 Å². The molecular weight excluding hydrogens is 462 g/mol. The summed E-state index contributed by atoms with van der Waals surface area (Å²) in [5.74, 6) is 1.56. The highest BCUT2D eigenvalue weighted by atomic mass is 35.5. The summed E-state index contributed by atoms with van der Waals surface area (Å²) < 4.78 is 7.88. The molecule has 0 unspecified atom stereocenters. The minimum atomic E-state index is 0.659. The predicted octanol–water partition coefficient (Wildman–Crippen LogP) is 4.28. The molecule has 0 atom stereocenters. The molecule has 1 aliphatic heterocycles. The quantitative estimate of drug-likeness (QED) is 0.412. The van der Waals surface area contributed by atoms with Crippen molar-refractivity contribution in [2.24, 2.45) is 0 Å². The highest BCUT2D eigenvalue weighted by Crippen LogP contribution is 2.36. The van der Waals surface area contributed by atoms with Gasteiger partial charge in [-0.25, -0.2) is 9.97 Å². The van der Waals surface area contributed by atoms with Crippen LogP contribution in [-0.4, -0.2) is 84.6 Å². The van der Waals surface area contributed by atoms with Crippen LogP contribution in [0.2, 0.25) is 5.02 Å². The summed E-state index contributed by atoms with van der Waals surface area (Å²) in [7, 11) is 5.97. The summed E-state index contributed by atoms with van der Waals surface area (Å²) in [5.41, 5.74) is 5.67. The van der Waals surface area contributed by atoms with E-state index in [1.807, 2.05) is 42.0 Å². The summed E-state index contributed by atoms with van der Waals surface area (Å²) in [5, 5.41) is 4.12. The van der Waals surface area contributed by atoms with Crippen LogP contribution < -0.4 is 15.0 Å². The van der Waals surface area contributed by atoms with Crippen molar-refractivity contribution in [2.75, 3.05) is 70.7 Å². The molecule has 3 heterocycles. The van der Waals surface area contributed by atoms with Crippen LogP contribution in [-0.2, 0) is 0 Å². The Morgan fingerprint density at radius 3 is 2.63 bits per heavy atom. The zero-order valence-electron chi connectivity index (χ0n) is 20.8. The molecule has 1 aliphatic rings. The summed E-state index contributed by atoms with van der Waals surface area (Å²) in [4.78, 5) is 16.6. The van der Waals surface area contributed by atoms with Gasteiger partial charge in [0.15, 0.2) is 5.82 Å². The SMILES string of the molecule is COc1cc2c(cc1N1CCN(CCN(C)C)CC1)nc(Nc1c(C)cccc1Cl)c1cncn12. The van der Waals surface area contributed by atoms with E-state index in [0.717, 1.165) is 84.3 Å². The van der Waals surface area contributed by atoms with E-state index >= 15 is 0 Å². The molecule has 184 valence electrons. The van der Waals surface area contributed by atoms with E-state index in [4.69, 9.17) is 21.3 Å². The van der Waals surface area contributed by atoms with Gasteiger partial charge in [0.1, 0.15) is 11.3 Å². The second kappa shape index (κ2) is 9.89. The van der Waals surface area contributed by atoms with Crippen LogP contribution in [0, 0.1) is 6.92 Å². The second-order valence-corrected chi connectivity index (χ2v) is 9.72. The van der Waals surface area contributed by atoms with Crippen LogP contribution >= 0.6 is 11.6 Å². The van der Waals surface area contributed by atoms with Crippen molar-refractivity contribution in [1.82, 2.24) is 24.2 Å². The van der Waals surface area contributed by atoms with Gasteiger partial charge in [-0.15, -0.1) is 0 Å². The largest absolute Gasteiger partial charge is 0.495 e. The Morgan fingerprint density at radius 2 is 1.91 bits per heavy atom. The molecule has 0 aliphatic carbocycles. The third kappa shape index (κ3) is 4.74. The molecule has 0 saturated carbocycles. The average molecular weight is 494 g/mol. The number of fused-ring (bicyclic) bond motifs is 3. The monoisotopic (exact) mass is 493 g/mol. The number of benzene rings is 2. The first-order valence-corrected chi connectivity index (χ1v) is 12.3. The zero-order chi connectivity index (χ0) is 24.5. The number of methoxy groups -OCH3 is 1. The second-order valence-electron chi connectivity index (χ2n) is 9.31. The maximum absolute atomic E-state index is 6.50. The lowest BCUT2D eigenvalue weighted by molar-refractivity contribution is 0.229. The highest BCUT2D eigenvalue weighted by Gasteiger charge is 2.22. The number of likely N-dealkylation sites (N-methyl/N-ethyl adjacent to an activating group) is 1. The van der Waals surface area contributed by atoms with Crippen LogP contribution in [0.5, 0.6) is 5.75 Å². The van der Waals surface area contributed by atoms with Crippen molar-refractivity contribution in [1.29, 1.82) is 0 Å². The fourth-order valence-corrected chi connectivity index (χ4v) is 4.90. The number of anilines is 3. The Bertz CT molecular complexity index is 1320. The maximum atomic E-state index is 6.50. The van der Waals surface area contributed by atoms with Crippen LogP contribution in [0.25, 0.3) is 16.6 Å². The molecule has 9 heteroatoms. The Hall–Kier alpha value is -3.07. The van der Waals surface area contributed by atoms with E-state index in [-0.39, 0.29) is 0 Å². The third-order valence-electron chi connectivity index (χ3n) is 6.69. The molecule has 5 rings (SSSR count). The summed E-state index contributed by atoms with van der Waals surface area (Å²) >= 11 is 6.50. The van der Waals surface area contributed by atoms with Crippen molar-refractivity contribution < 1.29 is 4.74 Å². The molecule has 35 heavy (non-hydrogen) atoms. The molecule has 1 N–H and O–H groups in total. The van der Waals surface area contributed by atoms with E-state index in [0.29, 0.717) is 5.02 Å². The number of aromatic nitrogens is 3. The molecule has 0 bridgehead atoms. The lowest BCUT2D eigenvalue weighted by Crippen LogP contribution is -2.48. The molecule has 0 radical (unpaired) electrons. The van der Waals surface area contributed by atoms with E-state index in [9.17, 15) is 0 Å². The normalized spacial score (nSPS) is 14.9. The van der Waals surface area contributed by atoms with Crippen molar-refractivity contribution in [3.63, 3.8) is 0 Å². The molecular formula is C26H32ClN7O. The van der Waals surface area contributed by atoms with Gasteiger partial charge in [-0.1, -0.05) is 23.7 Å². The van der Waals surface area contributed by atoms with Crippen molar-refractivity contribution >= 4 is 45.3 Å². The Morgan fingerprint density at radius 1 is 1.11 bits per heavy atom. The van der Waals surface area contributed by atoms with Gasteiger partial charge in [0.25, 0.3) is 0 Å². The van der Waals surface area contributed by atoms with E-state index in [1.165, 1.54) is 0 Å². The molecule has 8 nitrogen and oxygen atoms in total. The van der Waals surface area contributed by atoms with Gasteiger partial charge in [-0.3, -0.25) is 9.30 Å². The molecule has 2 aromatic carbocycles. The van der Waals surface area contributed by atoms with E-state index in [2.05, 4.69) is 51.2 Å². The summed E-state index contributed by atoms with van der Waals surface area (Å²) in [6.07, 6.45) is 3.63. The van der Waals surface area contributed by atoms with Crippen LogP contribution in [0.4, 0.5) is 17.2 Å². The molecule has 1 fully saturated rings. The maximum Gasteiger partial charge on any atom is 0.157 e. The van der Waals surface area contributed by atoms with Gasteiger partial charge in [-0.05, 0) is 38.7 Å². The third-order valence-corrected chi connectivity index (χ3v) is 7.01. The first-order valence-electron chi connectivity index (χ1n) is 11.9. The number of piperazine rings is 1. The average Bonchev–Trinajstić information content (AvgIpc) is 3.35. The van der Waals surface area contributed by atoms with Crippen LogP contribution in [0.1, 0.15) is 5.56 Å². The van der Waals surface area contributed by atoms with Crippen LogP contribution in [0.3, 0.4) is 0 Å². The fourth-order valence-electron chi connectivity index (χ4n) is 4.63. The number of halogens is 1. The zero-order valence-corrected chi connectivity index (χ0v) is 21.5. The van der Waals surface area contributed by atoms with Gasteiger partial charge in [-0.2, -0.15) is 0 Å². The topological polar surface area (TPSA) is 61.2 Å². The number of nitrogens with zero attached hydrogens (tertiary/aromatic N) is 6. The number of nitrogens with one attached hydrogen (secondary N) is 1. The first-order chi connectivity index (χ1) is 16.9. The minimum Gasteiger partial charge on any atom is -0.495 e. The van der Waals surface area contributed by atoms with Crippen molar-refractivity contribution in [3.8, 4) is 5.75 Å². The number of rotatable bonds is 7. The molecule has 2 aromatic heterocycles. The standard InChI is InChI=1S/C26H32ClN7O/c1-18-6-5-7-19(27)25(18)30-26-23-16-28-17-34(23)21-15-24(35-4)22(14-20(21)29-26)33-12-10-32(11-13-33)9-8-31(2)3/h5-7,14-17H,8-13H2,1-4H3,(H,29,30). The van der Waals surface area contributed by atoms with Gasteiger partial charge >= 0.3 is 0 Å².